The van der Waals surface area contributed by atoms with Gasteiger partial charge < -0.3 is 14.4 Å². The molecule has 29 heavy (non-hydrogen) atoms. The van der Waals surface area contributed by atoms with Crippen molar-refractivity contribution in [2.45, 2.75) is 12.6 Å². The Kier molecular flexibility index (Phi) is 5.36. The van der Waals surface area contributed by atoms with E-state index in [1.54, 1.807) is 0 Å². The number of likely N-dealkylation sites (N-methyl/N-ethyl adjacent to an activating group) is 1. The molecule has 1 N–H and O–H groups in total. The quantitative estimate of drug-likeness (QED) is 0.522. The Bertz CT molecular complexity index is 1160. The van der Waals surface area contributed by atoms with Gasteiger partial charge in [0, 0.05) is 30.4 Å². The summed E-state index contributed by atoms with van der Waals surface area (Å²) in [6.45, 7) is 3.13. The number of halogens is 1. The normalized spacial score (nSPS) is 17.5. The van der Waals surface area contributed by atoms with E-state index < -0.39 is 0 Å². The molecule has 0 spiro atoms. The van der Waals surface area contributed by atoms with Gasteiger partial charge in [0.25, 0.3) is 0 Å². The predicted octanol–water partition coefficient (Wildman–Crippen LogP) is 2.58. The molecule has 8 heteroatoms. The Hall–Kier alpha value is -2.74. The van der Waals surface area contributed by atoms with Crippen LogP contribution >= 0.6 is 12.4 Å². The lowest BCUT2D eigenvalue weighted by molar-refractivity contribution is 0.190. The van der Waals surface area contributed by atoms with Crippen LogP contribution in [0.3, 0.4) is 0 Å². The summed E-state index contributed by atoms with van der Waals surface area (Å²) in [5, 5.41) is 8.98. The molecule has 1 aliphatic rings. The maximum Gasteiger partial charge on any atom is 0.246 e. The van der Waals surface area contributed by atoms with Gasteiger partial charge >= 0.3 is 0 Å². The van der Waals surface area contributed by atoms with Gasteiger partial charge in [-0.05, 0) is 31.3 Å². The highest BCUT2D eigenvalue weighted by molar-refractivity contribution is 5.93. The first-order valence-electron chi connectivity index (χ1n) is 9.46. The molecule has 0 saturated carbocycles. The first-order valence-corrected chi connectivity index (χ1v) is 9.46. The van der Waals surface area contributed by atoms with Crippen LogP contribution in [-0.2, 0) is 6.54 Å². The topological polar surface area (TPSA) is 76.2 Å². The fourth-order valence-electron chi connectivity index (χ4n) is 3.94. The summed E-state index contributed by atoms with van der Waals surface area (Å²) in [5.74, 6) is 1.23. The summed E-state index contributed by atoms with van der Waals surface area (Å²) in [6.07, 6.45) is 0. The van der Waals surface area contributed by atoms with Crippen LogP contribution in [0.4, 0.5) is 0 Å². The van der Waals surface area contributed by atoms with Crippen molar-refractivity contribution in [3.8, 4) is 0 Å². The molecule has 3 heterocycles. The zero-order chi connectivity index (χ0) is 19.1. The third-order valence-corrected chi connectivity index (χ3v) is 5.47. The van der Waals surface area contributed by atoms with Crippen molar-refractivity contribution >= 4 is 34.2 Å². The molecule has 2 aromatic carbocycles. The second-order valence-corrected chi connectivity index (χ2v) is 7.20. The van der Waals surface area contributed by atoms with Crippen LogP contribution in [0.25, 0.3) is 21.8 Å². The largest absolute Gasteiger partial charge is 0.337 e. The second kappa shape index (κ2) is 7.94. The zero-order valence-corrected chi connectivity index (χ0v) is 16.9. The number of nitrogens with one attached hydrogen (secondary N) is 1. The van der Waals surface area contributed by atoms with Crippen molar-refractivity contribution in [2.75, 3.05) is 26.7 Å². The van der Waals surface area contributed by atoms with Gasteiger partial charge in [0.1, 0.15) is 6.54 Å². The number of benzene rings is 2. The number of para-hydroxylation sites is 2. The van der Waals surface area contributed by atoms with Crippen LogP contribution in [0.5, 0.6) is 0 Å². The fraction of sp³-hybridized carbons (Fsp3) is 0.286. The summed E-state index contributed by atoms with van der Waals surface area (Å²) >= 11 is 0. The SMILES string of the molecule is CN1CCNCC1c1noc(Cn2c3ccccc3c(=O)c3ccccc32)n1.Cl. The maximum absolute atomic E-state index is 12.9. The summed E-state index contributed by atoms with van der Waals surface area (Å²) < 4.78 is 7.66. The Balaban J connectivity index is 0.00000205. The monoisotopic (exact) mass is 411 g/mol. The maximum atomic E-state index is 12.9. The van der Waals surface area contributed by atoms with E-state index in [9.17, 15) is 4.79 Å². The number of fused-ring (bicyclic) bond motifs is 2. The van der Waals surface area contributed by atoms with Gasteiger partial charge in [-0.3, -0.25) is 9.69 Å². The number of aromatic nitrogens is 3. The van der Waals surface area contributed by atoms with Crippen molar-refractivity contribution in [3.63, 3.8) is 0 Å². The Morgan fingerprint density at radius 1 is 1.10 bits per heavy atom. The van der Waals surface area contributed by atoms with Gasteiger partial charge in [0.05, 0.1) is 17.1 Å². The summed E-state index contributed by atoms with van der Waals surface area (Å²) in [4.78, 5) is 19.8. The highest BCUT2D eigenvalue weighted by Crippen LogP contribution is 2.22. The van der Waals surface area contributed by atoms with E-state index in [2.05, 4.69) is 32.0 Å². The van der Waals surface area contributed by atoms with Crippen LogP contribution < -0.4 is 10.7 Å². The number of rotatable bonds is 3. The van der Waals surface area contributed by atoms with Gasteiger partial charge in [-0.15, -0.1) is 12.4 Å². The summed E-state index contributed by atoms with van der Waals surface area (Å²) in [6, 6.07) is 15.4. The van der Waals surface area contributed by atoms with Crippen molar-refractivity contribution < 1.29 is 4.52 Å². The van der Waals surface area contributed by atoms with Crippen LogP contribution in [-0.4, -0.2) is 46.3 Å². The highest BCUT2D eigenvalue weighted by Gasteiger charge is 2.25. The fourth-order valence-corrected chi connectivity index (χ4v) is 3.94. The van der Waals surface area contributed by atoms with Crippen molar-refractivity contribution in [2.24, 2.45) is 0 Å². The molecule has 0 radical (unpaired) electrons. The minimum atomic E-state index is 0. The Morgan fingerprint density at radius 2 is 1.76 bits per heavy atom. The van der Waals surface area contributed by atoms with E-state index in [4.69, 9.17) is 4.52 Å². The number of piperazine rings is 1. The molecule has 1 fully saturated rings. The molecule has 4 aromatic rings. The lowest BCUT2D eigenvalue weighted by atomic mass is 10.1. The first-order chi connectivity index (χ1) is 13.7. The average Bonchev–Trinajstić information content (AvgIpc) is 3.20. The van der Waals surface area contributed by atoms with E-state index in [1.165, 1.54) is 0 Å². The van der Waals surface area contributed by atoms with Gasteiger partial charge in [0.15, 0.2) is 11.3 Å². The second-order valence-electron chi connectivity index (χ2n) is 7.20. The number of hydrogen-bond acceptors (Lipinski definition) is 6. The lowest BCUT2D eigenvalue weighted by Gasteiger charge is -2.30. The number of hydrogen-bond donors (Lipinski definition) is 1. The standard InChI is InChI=1S/C21H21N5O2.ClH/c1-25-11-10-22-12-18(25)21-23-19(28-24-21)13-26-16-8-4-2-6-14(16)20(27)15-7-3-5-9-17(15)26;/h2-9,18,22H,10-13H2,1H3;1H. The third kappa shape index (κ3) is 3.42. The number of pyridine rings is 1. The van der Waals surface area contributed by atoms with Crippen molar-refractivity contribution in [1.29, 1.82) is 0 Å². The van der Waals surface area contributed by atoms with E-state index in [-0.39, 0.29) is 23.9 Å². The molecule has 1 atom stereocenters. The smallest absolute Gasteiger partial charge is 0.246 e. The molecule has 1 unspecified atom stereocenters. The van der Waals surface area contributed by atoms with E-state index >= 15 is 0 Å². The summed E-state index contributed by atoms with van der Waals surface area (Å²) in [7, 11) is 2.07. The first kappa shape index (κ1) is 19.6. The molecule has 150 valence electrons. The molecular weight excluding hydrogens is 390 g/mol. The van der Waals surface area contributed by atoms with Crippen LogP contribution in [0.2, 0.25) is 0 Å². The molecule has 2 aromatic heterocycles. The molecule has 1 aliphatic heterocycles. The highest BCUT2D eigenvalue weighted by atomic mass is 35.5. The average molecular weight is 412 g/mol. The van der Waals surface area contributed by atoms with Gasteiger partial charge in [-0.25, -0.2) is 0 Å². The zero-order valence-electron chi connectivity index (χ0n) is 16.0. The molecule has 1 saturated heterocycles. The van der Waals surface area contributed by atoms with E-state index in [1.807, 2.05) is 48.5 Å². The summed E-state index contributed by atoms with van der Waals surface area (Å²) in [5.41, 5.74) is 1.77. The van der Waals surface area contributed by atoms with Crippen molar-refractivity contribution in [3.05, 3.63) is 70.5 Å². The van der Waals surface area contributed by atoms with Gasteiger partial charge in [-0.1, -0.05) is 29.4 Å². The third-order valence-electron chi connectivity index (χ3n) is 5.47. The molecule has 5 rings (SSSR count). The molecule has 0 bridgehead atoms. The lowest BCUT2D eigenvalue weighted by Crippen LogP contribution is -2.44. The van der Waals surface area contributed by atoms with Gasteiger partial charge in [0.2, 0.25) is 5.89 Å². The molecular formula is C21H22ClN5O2. The minimum absolute atomic E-state index is 0. The number of nitrogens with zero attached hydrogens (tertiary/aromatic N) is 4. The van der Waals surface area contributed by atoms with Crippen LogP contribution in [0.15, 0.2) is 57.8 Å². The Morgan fingerprint density at radius 3 is 2.41 bits per heavy atom. The van der Waals surface area contributed by atoms with Gasteiger partial charge in [-0.2, -0.15) is 4.98 Å². The van der Waals surface area contributed by atoms with E-state index in [0.717, 1.165) is 30.7 Å². The predicted molar refractivity (Wildman–Crippen MR) is 115 cm³/mol. The Labute approximate surface area is 173 Å². The minimum Gasteiger partial charge on any atom is -0.337 e. The van der Waals surface area contributed by atoms with Crippen molar-refractivity contribution in [1.82, 2.24) is 24.9 Å². The van der Waals surface area contributed by atoms with Crippen LogP contribution in [0.1, 0.15) is 17.8 Å². The molecule has 7 nitrogen and oxygen atoms in total. The molecule has 0 amide bonds. The van der Waals surface area contributed by atoms with E-state index in [0.29, 0.717) is 29.0 Å². The van der Waals surface area contributed by atoms with Crippen LogP contribution in [0, 0.1) is 0 Å². The molecule has 0 aliphatic carbocycles.